The van der Waals surface area contributed by atoms with E-state index in [9.17, 15) is 9.90 Å². The quantitative estimate of drug-likeness (QED) is 0.777. The van der Waals surface area contributed by atoms with Crippen molar-refractivity contribution in [3.05, 3.63) is 34.9 Å². The lowest BCUT2D eigenvalue weighted by Crippen LogP contribution is -2.20. The molecule has 0 saturated heterocycles. The van der Waals surface area contributed by atoms with Crippen molar-refractivity contribution >= 4 is 22.6 Å². The van der Waals surface area contributed by atoms with Crippen LogP contribution in [0.4, 0.5) is 0 Å². The first kappa shape index (κ1) is 18.2. The van der Waals surface area contributed by atoms with Crippen LogP contribution < -0.4 is 0 Å². The molecule has 0 bridgehead atoms. The Labute approximate surface area is 124 Å². The maximum atomic E-state index is 11.2. The summed E-state index contributed by atoms with van der Waals surface area (Å²) < 4.78 is 7.14. The lowest BCUT2D eigenvalue weighted by atomic mass is 9.78. The standard InChI is InChI=1S/C15H22O2.Al.H2O.2H/c1-14(2,3)10-7-8-11(13(16)17)12(9-10)15(4,5)6;;;;/h7-9H,1-6H3,(H,16,17);;1H2;;/q;+1;;;/p-1. The summed E-state index contributed by atoms with van der Waals surface area (Å²) in [6.45, 7) is 12.5. The van der Waals surface area contributed by atoms with Crippen LogP contribution in [0.25, 0.3) is 0 Å². The van der Waals surface area contributed by atoms with Gasteiger partial charge >= 0.3 is 22.6 Å². The molecule has 0 aliphatic carbocycles. The molecule has 0 atom stereocenters. The molecule has 0 fully saturated rings. The average Bonchev–Trinajstić information content (AvgIpc) is 2.28. The van der Waals surface area contributed by atoms with E-state index >= 15 is 0 Å². The minimum absolute atomic E-state index is 0.0387. The van der Waals surface area contributed by atoms with E-state index in [4.69, 9.17) is 4.16 Å². The molecule has 1 rings (SSSR count). The molecule has 3 nitrogen and oxygen atoms in total. The normalized spacial score (nSPS) is 11.5. The van der Waals surface area contributed by atoms with Gasteiger partial charge in [0.1, 0.15) is 0 Å². The van der Waals surface area contributed by atoms with Crippen LogP contribution in [0, 0.1) is 0 Å². The van der Waals surface area contributed by atoms with Crippen molar-refractivity contribution in [2.75, 3.05) is 0 Å². The lowest BCUT2D eigenvalue weighted by Gasteiger charge is -2.26. The Bertz CT molecular complexity index is 440. The number of hydrogen-bond acceptors (Lipinski definition) is 2. The highest BCUT2D eigenvalue weighted by atomic mass is 27.1. The van der Waals surface area contributed by atoms with Gasteiger partial charge in [0, 0.05) is 0 Å². The zero-order valence-electron chi connectivity index (χ0n) is 13.0. The second-order valence-corrected chi connectivity index (χ2v) is 6.57. The van der Waals surface area contributed by atoms with Crippen LogP contribution in [0.1, 0.15) is 63.0 Å². The molecule has 4 heteroatoms. The number of carboxylic acids is 1. The van der Waals surface area contributed by atoms with E-state index in [1.54, 1.807) is 6.07 Å². The third-order valence-corrected chi connectivity index (χ3v) is 2.92. The minimum Gasteiger partial charge on any atom is -0.521 e. The van der Waals surface area contributed by atoms with E-state index in [1.807, 2.05) is 32.9 Å². The van der Waals surface area contributed by atoms with Crippen molar-refractivity contribution in [1.29, 1.82) is 0 Å². The SMILES string of the molecule is CC(C)(C)c1ccc(C(=O)O)c(C(C)(C)C)c1.[OH][AlH2]. The molecule has 0 unspecified atom stereocenters. The fourth-order valence-corrected chi connectivity index (χ4v) is 1.82. The van der Waals surface area contributed by atoms with Gasteiger partial charge in [0.15, 0.2) is 0 Å². The molecular weight excluding hydrogens is 255 g/mol. The van der Waals surface area contributed by atoms with Gasteiger partial charge in [-0.25, -0.2) is 4.79 Å². The number of rotatable bonds is 1. The van der Waals surface area contributed by atoms with Gasteiger partial charge in [-0.1, -0.05) is 53.7 Å². The van der Waals surface area contributed by atoms with Crippen molar-refractivity contribution in [3.63, 3.8) is 0 Å². The highest BCUT2D eigenvalue weighted by molar-refractivity contribution is 5.95. The molecule has 0 saturated carbocycles. The topological polar surface area (TPSA) is 57.5 Å². The first-order chi connectivity index (χ1) is 8.53. The van der Waals surface area contributed by atoms with Crippen LogP contribution in [-0.2, 0) is 10.8 Å². The number of carbonyl (C=O) groups is 1. The zero-order chi connectivity index (χ0) is 15.4. The van der Waals surface area contributed by atoms with Crippen LogP contribution in [0.15, 0.2) is 18.2 Å². The Morgan fingerprint density at radius 3 is 1.79 bits per heavy atom. The van der Waals surface area contributed by atoms with E-state index in [0.29, 0.717) is 22.2 Å². The smallest absolute Gasteiger partial charge is 0.407 e. The summed E-state index contributed by atoms with van der Waals surface area (Å²) in [7, 11) is 0. The summed E-state index contributed by atoms with van der Waals surface area (Å²) in [5, 5.41) is 9.22. The first-order valence-electron chi connectivity index (χ1n) is 6.36. The summed E-state index contributed by atoms with van der Waals surface area (Å²) in [6, 6.07) is 5.67. The van der Waals surface area contributed by atoms with Gasteiger partial charge in [0.05, 0.1) is 5.56 Å². The largest absolute Gasteiger partial charge is 0.521 e. The first-order valence-corrected chi connectivity index (χ1v) is 7.26. The molecule has 0 aliphatic heterocycles. The molecule has 0 aromatic heterocycles. The number of hydrogen-bond donors (Lipinski definition) is 2. The van der Waals surface area contributed by atoms with E-state index in [1.165, 1.54) is 5.56 Å². The Balaban J connectivity index is 0.00000154. The molecular formula is C15H25AlO3. The van der Waals surface area contributed by atoms with Crippen molar-refractivity contribution in [2.24, 2.45) is 0 Å². The maximum absolute atomic E-state index is 11.2. The highest BCUT2D eigenvalue weighted by Gasteiger charge is 2.24. The number of benzene rings is 1. The van der Waals surface area contributed by atoms with Gasteiger partial charge in [0.25, 0.3) is 0 Å². The summed E-state index contributed by atoms with van der Waals surface area (Å²) >= 11 is 0.306. The van der Waals surface area contributed by atoms with Crippen molar-refractivity contribution < 1.29 is 14.1 Å². The average molecular weight is 280 g/mol. The van der Waals surface area contributed by atoms with E-state index < -0.39 is 5.97 Å². The second-order valence-electron chi connectivity index (χ2n) is 6.57. The molecule has 2 N–H and O–H groups in total. The zero-order valence-corrected chi connectivity index (χ0v) is 15.0. The molecule has 0 amide bonds. The summed E-state index contributed by atoms with van der Waals surface area (Å²) in [5.41, 5.74) is 2.36. The summed E-state index contributed by atoms with van der Waals surface area (Å²) in [4.78, 5) is 11.2. The highest BCUT2D eigenvalue weighted by Crippen LogP contribution is 2.31. The van der Waals surface area contributed by atoms with Gasteiger partial charge in [-0.05, 0) is 28.0 Å². The molecule has 0 radical (unpaired) electrons. The Kier molecular flexibility index (Phi) is 6.28. The molecule has 1 aromatic rings. The predicted octanol–water partition coefficient (Wildman–Crippen LogP) is 2.51. The van der Waals surface area contributed by atoms with Gasteiger partial charge in [-0.2, -0.15) is 0 Å². The third kappa shape index (κ3) is 4.99. The number of carboxylic acid groups (broad SMARTS) is 1. The molecule has 0 aliphatic rings. The number of aromatic carboxylic acids is 1. The van der Waals surface area contributed by atoms with Crippen molar-refractivity contribution in [1.82, 2.24) is 0 Å². The van der Waals surface area contributed by atoms with Crippen LogP contribution in [-0.4, -0.2) is 31.9 Å². The Morgan fingerprint density at radius 1 is 1.00 bits per heavy atom. The van der Waals surface area contributed by atoms with Gasteiger partial charge < -0.3 is 9.26 Å². The molecule has 106 valence electrons. The minimum atomic E-state index is -0.851. The Morgan fingerprint density at radius 2 is 1.47 bits per heavy atom. The fraction of sp³-hybridized carbons (Fsp3) is 0.533. The summed E-state index contributed by atoms with van der Waals surface area (Å²) in [6.07, 6.45) is 0. The molecule has 19 heavy (non-hydrogen) atoms. The lowest BCUT2D eigenvalue weighted by molar-refractivity contribution is 0.0694. The predicted molar refractivity (Wildman–Crippen MR) is 81.6 cm³/mol. The van der Waals surface area contributed by atoms with E-state index in [0.717, 1.165) is 5.56 Å². The van der Waals surface area contributed by atoms with Gasteiger partial charge in [-0.15, -0.1) is 0 Å². The van der Waals surface area contributed by atoms with Gasteiger partial charge in [0.2, 0.25) is 0 Å². The molecule has 0 spiro atoms. The monoisotopic (exact) mass is 280 g/mol. The maximum Gasteiger partial charge on any atom is 0.407 e. The van der Waals surface area contributed by atoms with E-state index in [-0.39, 0.29) is 10.8 Å². The molecule has 1 aromatic carbocycles. The van der Waals surface area contributed by atoms with Crippen molar-refractivity contribution in [3.8, 4) is 0 Å². The van der Waals surface area contributed by atoms with Crippen molar-refractivity contribution in [2.45, 2.75) is 52.4 Å². The van der Waals surface area contributed by atoms with Crippen LogP contribution in [0.3, 0.4) is 0 Å². The van der Waals surface area contributed by atoms with E-state index in [2.05, 4.69) is 20.8 Å². The second kappa shape index (κ2) is 6.56. The van der Waals surface area contributed by atoms with Gasteiger partial charge in [-0.3, -0.25) is 0 Å². The molecule has 0 heterocycles. The van der Waals surface area contributed by atoms with Crippen LogP contribution >= 0.6 is 0 Å². The summed E-state index contributed by atoms with van der Waals surface area (Å²) in [5.74, 6) is -0.851. The Hall–Kier alpha value is -0.818. The van der Waals surface area contributed by atoms with Crippen LogP contribution in [0.5, 0.6) is 0 Å². The third-order valence-electron chi connectivity index (χ3n) is 2.92. The van der Waals surface area contributed by atoms with Crippen LogP contribution in [0.2, 0.25) is 0 Å². The fourth-order valence-electron chi connectivity index (χ4n) is 1.82.